The molecular formula is C9H9Cl3OS. The second-order valence-corrected chi connectivity index (χ2v) is 5.97. The number of benzene rings is 1. The third-order valence-electron chi connectivity index (χ3n) is 1.74. The van der Waals surface area contributed by atoms with E-state index in [-0.39, 0.29) is 0 Å². The highest BCUT2D eigenvalue weighted by molar-refractivity contribution is 7.98. The summed E-state index contributed by atoms with van der Waals surface area (Å²) in [6, 6.07) is 7.25. The van der Waals surface area contributed by atoms with Gasteiger partial charge in [-0.25, -0.2) is 0 Å². The Morgan fingerprint density at radius 3 is 2.07 bits per heavy atom. The van der Waals surface area contributed by atoms with Crippen LogP contribution in [0.15, 0.2) is 29.2 Å². The molecule has 0 aliphatic rings. The zero-order chi connectivity index (χ0) is 10.8. The lowest BCUT2D eigenvalue weighted by Crippen LogP contribution is -2.16. The molecule has 78 valence electrons. The van der Waals surface area contributed by atoms with Crippen molar-refractivity contribution in [2.24, 2.45) is 0 Å². The molecule has 0 radical (unpaired) electrons. The summed E-state index contributed by atoms with van der Waals surface area (Å²) in [5.74, 6) is 0. The lowest BCUT2D eigenvalue weighted by Gasteiger charge is -2.19. The Kier molecular flexibility index (Phi) is 4.41. The van der Waals surface area contributed by atoms with Crippen molar-refractivity contribution >= 4 is 46.6 Å². The Hall–Kier alpha value is 0.400. The second-order valence-electron chi connectivity index (χ2n) is 2.72. The van der Waals surface area contributed by atoms with Gasteiger partial charge in [0.1, 0.15) is 6.10 Å². The van der Waals surface area contributed by atoms with Gasteiger partial charge in [-0.15, -0.1) is 11.8 Å². The number of aliphatic hydroxyl groups excluding tert-OH is 1. The first-order valence-corrected chi connectivity index (χ1v) is 6.19. The smallest absolute Gasteiger partial charge is 0.220 e. The van der Waals surface area contributed by atoms with Crippen LogP contribution < -0.4 is 0 Å². The summed E-state index contributed by atoms with van der Waals surface area (Å²) in [6.07, 6.45) is 0.879. The van der Waals surface area contributed by atoms with E-state index in [4.69, 9.17) is 34.8 Å². The molecule has 0 saturated carbocycles. The molecule has 0 heterocycles. The van der Waals surface area contributed by atoms with E-state index in [9.17, 15) is 5.11 Å². The average Bonchev–Trinajstić information content (AvgIpc) is 2.15. The molecule has 1 nitrogen and oxygen atoms in total. The number of aliphatic hydroxyl groups is 1. The largest absolute Gasteiger partial charge is 0.384 e. The number of halogens is 3. The SMILES string of the molecule is CSc1ccc(C(O)C(Cl)(Cl)Cl)cc1. The van der Waals surface area contributed by atoms with E-state index in [1.165, 1.54) is 0 Å². The maximum absolute atomic E-state index is 9.62. The summed E-state index contributed by atoms with van der Waals surface area (Å²) in [4.78, 5) is 1.10. The van der Waals surface area contributed by atoms with Crippen molar-refractivity contribution < 1.29 is 5.11 Å². The van der Waals surface area contributed by atoms with E-state index in [1.54, 1.807) is 23.9 Å². The molecule has 0 fully saturated rings. The minimum atomic E-state index is -1.68. The molecule has 1 rings (SSSR count). The van der Waals surface area contributed by atoms with Gasteiger partial charge in [-0.1, -0.05) is 46.9 Å². The van der Waals surface area contributed by atoms with Crippen LogP contribution in [0.3, 0.4) is 0 Å². The molecule has 1 N–H and O–H groups in total. The Morgan fingerprint density at radius 1 is 1.21 bits per heavy atom. The molecule has 0 aliphatic carbocycles. The van der Waals surface area contributed by atoms with Crippen LogP contribution in [-0.2, 0) is 0 Å². The summed E-state index contributed by atoms with van der Waals surface area (Å²) in [6.45, 7) is 0. The van der Waals surface area contributed by atoms with Gasteiger partial charge in [-0.05, 0) is 24.0 Å². The molecule has 0 saturated heterocycles. The van der Waals surface area contributed by atoms with Crippen LogP contribution in [-0.4, -0.2) is 15.2 Å². The molecule has 1 aromatic rings. The highest BCUT2D eigenvalue weighted by Gasteiger charge is 2.31. The van der Waals surface area contributed by atoms with Gasteiger partial charge in [0.05, 0.1) is 0 Å². The van der Waals surface area contributed by atoms with Crippen LogP contribution in [0, 0.1) is 0 Å². The Balaban J connectivity index is 2.87. The van der Waals surface area contributed by atoms with Crippen LogP contribution in [0.2, 0.25) is 0 Å². The van der Waals surface area contributed by atoms with E-state index in [1.807, 2.05) is 18.4 Å². The van der Waals surface area contributed by atoms with Crippen molar-refractivity contribution in [2.45, 2.75) is 14.8 Å². The van der Waals surface area contributed by atoms with E-state index in [2.05, 4.69) is 0 Å². The third-order valence-corrected chi connectivity index (χ3v) is 3.11. The van der Waals surface area contributed by atoms with Gasteiger partial charge in [-0.3, -0.25) is 0 Å². The molecule has 1 unspecified atom stereocenters. The van der Waals surface area contributed by atoms with Crippen molar-refractivity contribution in [1.82, 2.24) is 0 Å². The van der Waals surface area contributed by atoms with Crippen LogP contribution in [0.25, 0.3) is 0 Å². The summed E-state index contributed by atoms with van der Waals surface area (Å²) < 4.78 is -1.68. The Morgan fingerprint density at radius 2 is 1.71 bits per heavy atom. The summed E-state index contributed by atoms with van der Waals surface area (Å²) in [7, 11) is 0. The summed E-state index contributed by atoms with van der Waals surface area (Å²) >= 11 is 18.3. The van der Waals surface area contributed by atoms with Gasteiger partial charge in [0.2, 0.25) is 3.79 Å². The van der Waals surface area contributed by atoms with E-state index in [0.29, 0.717) is 5.56 Å². The third kappa shape index (κ3) is 3.21. The molecule has 1 atom stereocenters. The first kappa shape index (κ1) is 12.5. The maximum atomic E-state index is 9.62. The standard InChI is InChI=1S/C9H9Cl3OS/c1-14-7-4-2-6(3-5-7)8(13)9(10,11)12/h2-5,8,13H,1H3. The van der Waals surface area contributed by atoms with Crippen molar-refractivity contribution in [1.29, 1.82) is 0 Å². The van der Waals surface area contributed by atoms with Crippen LogP contribution in [0.1, 0.15) is 11.7 Å². The van der Waals surface area contributed by atoms with Gasteiger partial charge in [-0.2, -0.15) is 0 Å². The zero-order valence-corrected chi connectivity index (χ0v) is 10.5. The fraction of sp³-hybridized carbons (Fsp3) is 0.333. The molecule has 0 aliphatic heterocycles. The topological polar surface area (TPSA) is 20.2 Å². The van der Waals surface area contributed by atoms with E-state index >= 15 is 0 Å². The normalized spacial score (nSPS) is 14.1. The van der Waals surface area contributed by atoms with E-state index < -0.39 is 9.90 Å². The molecule has 0 spiro atoms. The number of hydrogen-bond donors (Lipinski definition) is 1. The summed E-state index contributed by atoms with van der Waals surface area (Å²) in [5.41, 5.74) is 0.600. The van der Waals surface area contributed by atoms with Crippen LogP contribution in [0.4, 0.5) is 0 Å². The highest BCUT2D eigenvalue weighted by atomic mass is 35.6. The van der Waals surface area contributed by atoms with Crippen molar-refractivity contribution in [3.05, 3.63) is 29.8 Å². The molecular weight excluding hydrogens is 263 g/mol. The molecule has 1 aromatic carbocycles. The minimum absolute atomic E-state index is 0.600. The lowest BCUT2D eigenvalue weighted by atomic mass is 10.1. The van der Waals surface area contributed by atoms with Gasteiger partial charge < -0.3 is 5.11 Å². The predicted octanol–water partition coefficient (Wildman–Crippen LogP) is 3.81. The lowest BCUT2D eigenvalue weighted by molar-refractivity contribution is 0.182. The quantitative estimate of drug-likeness (QED) is 0.652. The fourth-order valence-electron chi connectivity index (χ4n) is 0.975. The fourth-order valence-corrected chi connectivity index (χ4v) is 1.76. The number of hydrogen-bond acceptors (Lipinski definition) is 2. The first-order chi connectivity index (χ1) is 6.45. The molecule has 0 amide bonds. The van der Waals surface area contributed by atoms with Gasteiger partial charge in [0, 0.05) is 4.90 Å². The average molecular weight is 272 g/mol. The van der Waals surface area contributed by atoms with Gasteiger partial charge >= 0.3 is 0 Å². The van der Waals surface area contributed by atoms with Crippen molar-refractivity contribution in [3.8, 4) is 0 Å². The van der Waals surface area contributed by atoms with Crippen LogP contribution >= 0.6 is 46.6 Å². The van der Waals surface area contributed by atoms with Gasteiger partial charge in [0.15, 0.2) is 0 Å². The minimum Gasteiger partial charge on any atom is -0.384 e. The zero-order valence-electron chi connectivity index (χ0n) is 7.38. The maximum Gasteiger partial charge on any atom is 0.220 e. The molecule has 0 bridgehead atoms. The van der Waals surface area contributed by atoms with Crippen LogP contribution in [0.5, 0.6) is 0 Å². The van der Waals surface area contributed by atoms with Crippen molar-refractivity contribution in [3.63, 3.8) is 0 Å². The number of thioether (sulfide) groups is 1. The second kappa shape index (κ2) is 4.95. The summed E-state index contributed by atoms with van der Waals surface area (Å²) in [5, 5.41) is 9.62. The number of alkyl halides is 3. The molecule has 0 aromatic heterocycles. The monoisotopic (exact) mass is 270 g/mol. The van der Waals surface area contributed by atoms with Gasteiger partial charge in [0.25, 0.3) is 0 Å². The Labute approximate surface area is 102 Å². The van der Waals surface area contributed by atoms with E-state index in [0.717, 1.165) is 4.90 Å². The first-order valence-electron chi connectivity index (χ1n) is 3.84. The predicted molar refractivity (Wildman–Crippen MR) is 63.5 cm³/mol. The molecule has 5 heteroatoms. The number of rotatable bonds is 2. The highest BCUT2D eigenvalue weighted by Crippen LogP contribution is 2.39. The molecule has 14 heavy (non-hydrogen) atoms. The Bertz CT molecular complexity index is 294. The van der Waals surface area contributed by atoms with Crippen molar-refractivity contribution in [2.75, 3.05) is 6.26 Å².